The van der Waals surface area contributed by atoms with Crippen molar-refractivity contribution >= 4 is 29.9 Å². The second-order valence-corrected chi connectivity index (χ2v) is 7.64. The molecule has 4 rings (SSSR count). The van der Waals surface area contributed by atoms with Crippen molar-refractivity contribution in [1.82, 2.24) is 34.9 Å². The lowest BCUT2D eigenvalue weighted by Gasteiger charge is -2.25. The van der Waals surface area contributed by atoms with E-state index in [1.807, 2.05) is 23.1 Å². The fourth-order valence-electron chi connectivity index (χ4n) is 3.82. The quantitative estimate of drug-likeness (QED) is 0.254. The summed E-state index contributed by atoms with van der Waals surface area (Å²) in [7, 11) is 3.45. The van der Waals surface area contributed by atoms with Gasteiger partial charge in [-0.2, -0.15) is 5.10 Å². The van der Waals surface area contributed by atoms with E-state index in [0.717, 1.165) is 55.8 Å². The number of hydrogen-bond donors (Lipinski definition) is 2. The molecule has 0 saturated carbocycles. The Labute approximate surface area is 205 Å². The molecule has 0 spiro atoms. The molecule has 0 radical (unpaired) electrons. The van der Waals surface area contributed by atoms with E-state index < -0.39 is 0 Å². The molecule has 0 saturated heterocycles. The van der Waals surface area contributed by atoms with Gasteiger partial charge >= 0.3 is 0 Å². The summed E-state index contributed by atoms with van der Waals surface area (Å²) in [6.45, 7) is 2.71. The number of fused-ring (bicyclic) bond motifs is 1. The lowest BCUT2D eigenvalue weighted by Crippen LogP contribution is -2.47. The summed E-state index contributed by atoms with van der Waals surface area (Å²) in [4.78, 5) is 13.4. The number of nitrogens with one attached hydrogen (secondary N) is 2. The van der Waals surface area contributed by atoms with Gasteiger partial charge in [-0.1, -0.05) is 30.3 Å². The molecule has 172 valence electrons. The van der Waals surface area contributed by atoms with Gasteiger partial charge in [-0.05, 0) is 18.4 Å². The van der Waals surface area contributed by atoms with Gasteiger partial charge in [-0.15, -0.1) is 24.0 Å². The monoisotopic (exact) mass is 550 g/mol. The average molecular weight is 550 g/mol. The molecule has 2 aromatic heterocycles. The highest BCUT2D eigenvalue weighted by Gasteiger charge is 2.22. The van der Waals surface area contributed by atoms with Gasteiger partial charge in [0.25, 0.3) is 0 Å². The number of imidazole rings is 1. The molecule has 0 fully saturated rings. The maximum atomic E-state index is 5.14. The van der Waals surface area contributed by atoms with E-state index >= 15 is 0 Å². The Hall–Kier alpha value is -2.47. The summed E-state index contributed by atoms with van der Waals surface area (Å²) in [5.41, 5.74) is 1.33. The Bertz CT molecular complexity index is 1000. The summed E-state index contributed by atoms with van der Waals surface area (Å²) >= 11 is 0. The highest BCUT2D eigenvalue weighted by Crippen LogP contribution is 2.13. The number of aryl methyl sites for hydroxylation is 3. The van der Waals surface area contributed by atoms with E-state index in [-0.39, 0.29) is 30.0 Å². The van der Waals surface area contributed by atoms with Gasteiger partial charge in [0.1, 0.15) is 18.3 Å². The largest absolute Gasteiger partial charge is 0.377 e. The molecule has 1 unspecified atom stereocenters. The van der Waals surface area contributed by atoms with Crippen LogP contribution in [0.2, 0.25) is 0 Å². The van der Waals surface area contributed by atoms with Crippen LogP contribution in [0.1, 0.15) is 29.5 Å². The molecule has 1 atom stereocenters. The lowest BCUT2D eigenvalue weighted by atomic mass is 10.1. The number of rotatable bonds is 8. The van der Waals surface area contributed by atoms with E-state index in [9.17, 15) is 0 Å². The van der Waals surface area contributed by atoms with Crippen LogP contribution < -0.4 is 10.6 Å². The Balaban J connectivity index is 0.00000289. The van der Waals surface area contributed by atoms with Crippen molar-refractivity contribution in [3.63, 3.8) is 0 Å². The predicted molar refractivity (Wildman–Crippen MR) is 134 cm³/mol. The molecular weight excluding hydrogens is 519 g/mol. The summed E-state index contributed by atoms with van der Waals surface area (Å²) in [5.74, 6) is 3.52. The van der Waals surface area contributed by atoms with E-state index in [4.69, 9.17) is 4.74 Å². The zero-order valence-corrected chi connectivity index (χ0v) is 20.9. The van der Waals surface area contributed by atoms with Crippen LogP contribution >= 0.6 is 24.0 Å². The smallest absolute Gasteiger partial charge is 0.191 e. The van der Waals surface area contributed by atoms with Crippen LogP contribution in [0, 0.1) is 0 Å². The van der Waals surface area contributed by atoms with Crippen LogP contribution in [0.25, 0.3) is 0 Å². The highest BCUT2D eigenvalue weighted by molar-refractivity contribution is 14.0. The minimum atomic E-state index is 0. The molecule has 3 heterocycles. The average Bonchev–Trinajstić information content (AvgIpc) is 3.41. The first kappa shape index (κ1) is 24.2. The third-order valence-electron chi connectivity index (χ3n) is 5.44. The van der Waals surface area contributed by atoms with Crippen LogP contribution in [0.5, 0.6) is 0 Å². The summed E-state index contributed by atoms with van der Waals surface area (Å²) in [6, 6.07) is 10.8. The molecule has 0 bridgehead atoms. The fourth-order valence-corrected chi connectivity index (χ4v) is 3.82. The zero-order valence-electron chi connectivity index (χ0n) is 18.6. The zero-order chi connectivity index (χ0) is 21.5. The van der Waals surface area contributed by atoms with Crippen LogP contribution in [0.3, 0.4) is 0 Å². The first-order chi connectivity index (χ1) is 15.2. The number of ether oxygens (including phenoxy) is 1. The maximum Gasteiger partial charge on any atom is 0.191 e. The molecule has 0 aliphatic carbocycles. The number of aromatic nitrogens is 5. The number of halogens is 1. The Morgan fingerprint density at radius 3 is 2.91 bits per heavy atom. The number of nitrogens with zero attached hydrogens (tertiary/aromatic N) is 6. The predicted octanol–water partition coefficient (Wildman–Crippen LogP) is 2.16. The van der Waals surface area contributed by atoms with E-state index in [1.165, 1.54) is 5.56 Å². The van der Waals surface area contributed by atoms with E-state index in [2.05, 4.69) is 59.5 Å². The first-order valence-corrected chi connectivity index (χ1v) is 10.7. The van der Waals surface area contributed by atoms with Gasteiger partial charge in [0, 0.05) is 45.6 Å². The molecule has 1 aliphatic rings. The van der Waals surface area contributed by atoms with Crippen LogP contribution in [-0.4, -0.2) is 50.5 Å². The second kappa shape index (κ2) is 12.0. The third-order valence-corrected chi connectivity index (χ3v) is 5.44. The summed E-state index contributed by atoms with van der Waals surface area (Å²) in [5, 5.41) is 11.4. The van der Waals surface area contributed by atoms with Gasteiger partial charge in [0.05, 0.1) is 13.1 Å². The maximum absolute atomic E-state index is 5.14. The Morgan fingerprint density at radius 1 is 1.28 bits per heavy atom. The molecule has 1 aliphatic heterocycles. The number of methoxy groups -OCH3 is 1. The fraction of sp³-hybridized carbons (Fsp3) is 0.455. The van der Waals surface area contributed by atoms with Crippen LogP contribution in [-0.2, 0) is 43.8 Å². The van der Waals surface area contributed by atoms with Crippen molar-refractivity contribution < 1.29 is 4.74 Å². The summed E-state index contributed by atoms with van der Waals surface area (Å²) < 4.78 is 9.30. The van der Waals surface area contributed by atoms with Gasteiger partial charge in [-0.25, -0.2) is 14.6 Å². The molecule has 0 amide bonds. The van der Waals surface area contributed by atoms with E-state index in [0.29, 0.717) is 13.2 Å². The van der Waals surface area contributed by atoms with Gasteiger partial charge in [-0.3, -0.25) is 4.99 Å². The van der Waals surface area contributed by atoms with Crippen molar-refractivity contribution in [2.24, 2.45) is 4.99 Å². The Morgan fingerprint density at radius 2 is 2.12 bits per heavy atom. The minimum Gasteiger partial charge on any atom is -0.377 e. The molecule has 2 N–H and O–H groups in total. The topological polar surface area (TPSA) is 94.2 Å². The number of benzene rings is 1. The highest BCUT2D eigenvalue weighted by atomic mass is 127. The van der Waals surface area contributed by atoms with Crippen molar-refractivity contribution in [3.05, 3.63) is 65.8 Å². The summed E-state index contributed by atoms with van der Waals surface area (Å²) in [6.07, 6.45) is 6.72. The van der Waals surface area contributed by atoms with Crippen molar-refractivity contribution in [2.75, 3.05) is 14.2 Å². The number of guanidine groups is 1. The van der Waals surface area contributed by atoms with E-state index in [1.54, 1.807) is 14.2 Å². The molecule has 1 aromatic carbocycles. The first-order valence-electron chi connectivity index (χ1n) is 10.7. The van der Waals surface area contributed by atoms with Crippen LogP contribution in [0.15, 0.2) is 47.7 Å². The standard InChI is InChI=1S/C22H30N8O.HI/c1-23-22(26-18-8-9-20-27-19(16-31-2)28-30(20)15-18)25-14-21-24-11-13-29(21)12-10-17-6-4-3-5-7-17;/h3-7,11,13,18H,8-10,12,14-16H2,1-2H3,(H2,23,25,26);1H. The molecule has 10 heteroatoms. The van der Waals surface area contributed by atoms with Crippen molar-refractivity contribution in [3.8, 4) is 0 Å². The number of aliphatic imine (C=N–C) groups is 1. The third kappa shape index (κ3) is 6.28. The molecule has 9 nitrogen and oxygen atoms in total. The normalized spacial score (nSPS) is 15.7. The van der Waals surface area contributed by atoms with Gasteiger partial charge in [0.2, 0.25) is 0 Å². The van der Waals surface area contributed by atoms with Crippen molar-refractivity contribution in [2.45, 2.75) is 51.5 Å². The van der Waals surface area contributed by atoms with Gasteiger partial charge in [0.15, 0.2) is 11.8 Å². The van der Waals surface area contributed by atoms with Crippen molar-refractivity contribution in [1.29, 1.82) is 0 Å². The SMILES string of the molecule is CN=C(NCc1nccn1CCc1ccccc1)NC1CCc2nc(COC)nn2C1.I. The van der Waals surface area contributed by atoms with Crippen LogP contribution in [0.4, 0.5) is 0 Å². The lowest BCUT2D eigenvalue weighted by molar-refractivity contribution is 0.177. The molecular formula is C22H31IN8O. The second-order valence-electron chi connectivity index (χ2n) is 7.64. The Kier molecular flexibility index (Phi) is 9.03. The minimum absolute atomic E-state index is 0. The molecule has 32 heavy (non-hydrogen) atoms. The van der Waals surface area contributed by atoms with Gasteiger partial charge < -0.3 is 19.9 Å². The number of hydrogen-bond acceptors (Lipinski definition) is 5. The molecule has 3 aromatic rings.